The summed E-state index contributed by atoms with van der Waals surface area (Å²) < 4.78 is 5.44. The average Bonchev–Trinajstić information content (AvgIpc) is 2.89. The summed E-state index contributed by atoms with van der Waals surface area (Å²) in [5.74, 6) is 0.123. The van der Waals surface area contributed by atoms with E-state index in [9.17, 15) is 14.4 Å². The van der Waals surface area contributed by atoms with Gasteiger partial charge in [0.2, 0.25) is 11.8 Å². The lowest BCUT2D eigenvalue weighted by Crippen LogP contribution is -2.48. The molecular weight excluding hydrogens is 430 g/mol. The van der Waals surface area contributed by atoms with Crippen molar-refractivity contribution in [1.82, 2.24) is 15.5 Å². The second kappa shape index (κ2) is 9.17. The van der Waals surface area contributed by atoms with Crippen molar-refractivity contribution in [2.75, 3.05) is 20.2 Å². The highest BCUT2D eigenvalue weighted by Gasteiger charge is 2.33. The third-order valence-electron chi connectivity index (χ3n) is 6.86. The maximum Gasteiger partial charge on any atom is 0.254 e. The molecule has 0 aliphatic carbocycles. The molecule has 7 heteroatoms. The zero-order valence-electron chi connectivity index (χ0n) is 19.0. The van der Waals surface area contributed by atoms with Gasteiger partial charge in [0, 0.05) is 36.5 Å². The molecule has 0 bridgehead atoms. The SMILES string of the molecule is COc1ccc(C(=O)N2CCC(C(=O)NC3C(=O)NCc4ccccc43)CC2)c2ccccc12. The van der Waals surface area contributed by atoms with Crippen LogP contribution in [0.15, 0.2) is 60.7 Å². The molecule has 1 saturated heterocycles. The summed E-state index contributed by atoms with van der Waals surface area (Å²) in [5, 5.41) is 7.54. The van der Waals surface area contributed by atoms with Gasteiger partial charge in [-0.05, 0) is 41.5 Å². The number of piperidine rings is 1. The lowest BCUT2D eigenvalue weighted by molar-refractivity contribution is -0.132. The highest BCUT2D eigenvalue weighted by Crippen LogP contribution is 2.30. The van der Waals surface area contributed by atoms with E-state index in [0.29, 0.717) is 38.0 Å². The molecule has 3 amide bonds. The second-order valence-electron chi connectivity index (χ2n) is 8.79. The van der Waals surface area contributed by atoms with Crippen LogP contribution >= 0.6 is 0 Å². The van der Waals surface area contributed by atoms with Crippen molar-refractivity contribution in [2.45, 2.75) is 25.4 Å². The fourth-order valence-corrected chi connectivity index (χ4v) is 4.96. The van der Waals surface area contributed by atoms with Crippen LogP contribution in [0.4, 0.5) is 0 Å². The first-order valence-electron chi connectivity index (χ1n) is 11.6. The molecule has 5 rings (SSSR count). The summed E-state index contributed by atoms with van der Waals surface area (Å²) in [7, 11) is 1.62. The smallest absolute Gasteiger partial charge is 0.254 e. The van der Waals surface area contributed by atoms with Gasteiger partial charge in [0.05, 0.1) is 7.11 Å². The minimum atomic E-state index is -0.678. The largest absolute Gasteiger partial charge is 0.496 e. The van der Waals surface area contributed by atoms with Crippen LogP contribution in [0.2, 0.25) is 0 Å². The predicted molar refractivity (Wildman–Crippen MR) is 128 cm³/mol. The summed E-state index contributed by atoms with van der Waals surface area (Å²) >= 11 is 0. The quantitative estimate of drug-likeness (QED) is 0.630. The molecule has 2 heterocycles. The number of benzene rings is 3. The van der Waals surface area contributed by atoms with Crippen molar-refractivity contribution < 1.29 is 19.1 Å². The van der Waals surface area contributed by atoms with Crippen molar-refractivity contribution in [3.05, 3.63) is 77.4 Å². The molecule has 174 valence electrons. The molecule has 0 aromatic heterocycles. The van der Waals surface area contributed by atoms with Gasteiger partial charge in [0.1, 0.15) is 11.8 Å². The van der Waals surface area contributed by atoms with Gasteiger partial charge in [-0.1, -0.05) is 48.5 Å². The number of hydrogen-bond acceptors (Lipinski definition) is 4. The van der Waals surface area contributed by atoms with Crippen molar-refractivity contribution in [3.8, 4) is 5.75 Å². The standard InChI is InChI=1S/C27H27N3O4/c1-34-23-11-10-22(20-8-4-5-9-21(20)23)27(33)30-14-12-17(13-15-30)25(31)29-24-19-7-3-2-6-18(19)16-28-26(24)32/h2-11,17,24H,12-16H2,1H3,(H,28,32)(H,29,31). The first kappa shape index (κ1) is 21.9. The van der Waals surface area contributed by atoms with Crippen molar-refractivity contribution in [1.29, 1.82) is 0 Å². The van der Waals surface area contributed by atoms with Crippen LogP contribution in [0.1, 0.15) is 40.4 Å². The van der Waals surface area contributed by atoms with E-state index in [4.69, 9.17) is 4.74 Å². The minimum absolute atomic E-state index is 0.0432. The summed E-state index contributed by atoms with van der Waals surface area (Å²) in [6.45, 7) is 1.46. The summed E-state index contributed by atoms with van der Waals surface area (Å²) in [4.78, 5) is 40.6. The zero-order chi connectivity index (χ0) is 23.7. The maximum atomic E-state index is 13.3. The van der Waals surface area contributed by atoms with Gasteiger partial charge in [-0.25, -0.2) is 0 Å². The van der Waals surface area contributed by atoms with Crippen LogP contribution in [0, 0.1) is 5.92 Å². The fraction of sp³-hybridized carbons (Fsp3) is 0.296. The van der Waals surface area contributed by atoms with Crippen LogP contribution in [0.25, 0.3) is 10.8 Å². The number of fused-ring (bicyclic) bond motifs is 2. The monoisotopic (exact) mass is 457 g/mol. The Hall–Kier alpha value is -3.87. The van der Waals surface area contributed by atoms with Gasteiger partial charge in [-0.15, -0.1) is 0 Å². The van der Waals surface area contributed by atoms with Crippen LogP contribution in [0.5, 0.6) is 5.75 Å². The first-order chi connectivity index (χ1) is 16.6. The fourth-order valence-electron chi connectivity index (χ4n) is 4.96. The summed E-state index contributed by atoms with van der Waals surface area (Å²) in [6, 6.07) is 18.3. The highest BCUT2D eigenvalue weighted by atomic mass is 16.5. The molecule has 3 aromatic carbocycles. The third kappa shape index (κ3) is 3.98. The van der Waals surface area contributed by atoms with E-state index in [0.717, 1.165) is 27.6 Å². The van der Waals surface area contributed by atoms with E-state index in [-0.39, 0.29) is 23.6 Å². The molecule has 2 N–H and O–H groups in total. The Morgan fingerprint density at radius 3 is 2.44 bits per heavy atom. The predicted octanol–water partition coefficient (Wildman–Crippen LogP) is 3.19. The Kier molecular flexibility index (Phi) is 5.92. The number of methoxy groups -OCH3 is 1. The number of rotatable bonds is 4. The number of carbonyl (C=O) groups excluding carboxylic acids is 3. The molecular formula is C27H27N3O4. The van der Waals surface area contributed by atoms with Crippen molar-refractivity contribution in [3.63, 3.8) is 0 Å². The average molecular weight is 458 g/mol. The zero-order valence-corrected chi connectivity index (χ0v) is 19.0. The summed E-state index contributed by atoms with van der Waals surface area (Å²) in [6.07, 6.45) is 1.11. The van der Waals surface area contributed by atoms with Gasteiger partial charge in [-0.3, -0.25) is 14.4 Å². The minimum Gasteiger partial charge on any atom is -0.496 e. The molecule has 2 aliphatic rings. The Morgan fingerprint density at radius 1 is 0.971 bits per heavy atom. The maximum absolute atomic E-state index is 13.3. The van der Waals surface area contributed by atoms with Crippen LogP contribution in [-0.2, 0) is 16.1 Å². The Bertz CT molecular complexity index is 1260. The van der Waals surface area contributed by atoms with E-state index in [1.165, 1.54) is 0 Å². The van der Waals surface area contributed by atoms with Gasteiger partial charge >= 0.3 is 0 Å². The van der Waals surface area contributed by atoms with Crippen LogP contribution < -0.4 is 15.4 Å². The molecule has 7 nitrogen and oxygen atoms in total. The van der Waals surface area contributed by atoms with Gasteiger partial charge < -0.3 is 20.3 Å². The van der Waals surface area contributed by atoms with E-state index in [1.807, 2.05) is 54.6 Å². The number of likely N-dealkylation sites (tertiary alicyclic amines) is 1. The van der Waals surface area contributed by atoms with Gasteiger partial charge in [0.25, 0.3) is 5.91 Å². The molecule has 1 unspecified atom stereocenters. The van der Waals surface area contributed by atoms with E-state index in [1.54, 1.807) is 18.1 Å². The molecule has 0 spiro atoms. The Balaban J connectivity index is 1.26. The Morgan fingerprint density at radius 2 is 1.68 bits per heavy atom. The second-order valence-corrected chi connectivity index (χ2v) is 8.79. The van der Waals surface area contributed by atoms with Crippen LogP contribution in [0.3, 0.4) is 0 Å². The molecule has 0 saturated carbocycles. The first-order valence-corrected chi connectivity index (χ1v) is 11.6. The normalized spacial score (nSPS) is 18.2. The number of nitrogens with one attached hydrogen (secondary N) is 2. The lowest BCUT2D eigenvalue weighted by Gasteiger charge is -2.33. The molecule has 3 aromatic rings. The third-order valence-corrected chi connectivity index (χ3v) is 6.86. The van der Waals surface area contributed by atoms with E-state index < -0.39 is 6.04 Å². The molecule has 1 atom stereocenters. The topological polar surface area (TPSA) is 87.7 Å². The number of hydrogen-bond donors (Lipinski definition) is 2. The molecule has 0 radical (unpaired) electrons. The summed E-state index contributed by atoms with van der Waals surface area (Å²) in [5.41, 5.74) is 2.49. The molecule has 2 aliphatic heterocycles. The lowest BCUT2D eigenvalue weighted by atomic mass is 9.92. The number of carbonyl (C=O) groups is 3. The van der Waals surface area contributed by atoms with Crippen molar-refractivity contribution >= 4 is 28.5 Å². The van der Waals surface area contributed by atoms with E-state index in [2.05, 4.69) is 10.6 Å². The van der Waals surface area contributed by atoms with Crippen molar-refractivity contribution in [2.24, 2.45) is 5.92 Å². The van der Waals surface area contributed by atoms with Gasteiger partial charge in [0.15, 0.2) is 0 Å². The molecule has 34 heavy (non-hydrogen) atoms. The molecule has 1 fully saturated rings. The number of amides is 3. The Labute approximate surface area is 198 Å². The number of nitrogens with zero attached hydrogens (tertiary/aromatic N) is 1. The number of ether oxygens (including phenoxy) is 1. The van der Waals surface area contributed by atoms with Crippen LogP contribution in [-0.4, -0.2) is 42.8 Å². The highest BCUT2D eigenvalue weighted by molar-refractivity contribution is 6.08. The van der Waals surface area contributed by atoms with E-state index >= 15 is 0 Å². The van der Waals surface area contributed by atoms with Gasteiger partial charge in [-0.2, -0.15) is 0 Å².